The van der Waals surface area contributed by atoms with Gasteiger partial charge in [0.1, 0.15) is 0 Å². The molecule has 1 aliphatic rings. The predicted octanol–water partition coefficient (Wildman–Crippen LogP) is 3.19. The van der Waals surface area contributed by atoms with E-state index in [1.807, 2.05) is 0 Å². The quantitative estimate of drug-likeness (QED) is 0.906. The Balaban J connectivity index is 0.00000144. The van der Waals surface area contributed by atoms with E-state index in [1.54, 1.807) is 18.3 Å². The summed E-state index contributed by atoms with van der Waals surface area (Å²) >= 11 is 3.17. The van der Waals surface area contributed by atoms with E-state index in [0.717, 1.165) is 19.5 Å². The maximum atomic E-state index is 11.2. The second-order valence-electron chi connectivity index (χ2n) is 3.84. The Bertz CT molecular complexity index is 389. The van der Waals surface area contributed by atoms with Crippen molar-refractivity contribution in [1.29, 1.82) is 0 Å². The molecule has 1 atom stereocenters. The zero-order chi connectivity index (χ0) is 11.4. The summed E-state index contributed by atoms with van der Waals surface area (Å²) in [5.74, 6) is 0. The van der Waals surface area contributed by atoms with Gasteiger partial charge in [-0.2, -0.15) is 11.3 Å². The van der Waals surface area contributed by atoms with E-state index in [0.29, 0.717) is 5.25 Å². The van der Waals surface area contributed by atoms with Gasteiger partial charge in [-0.15, -0.1) is 12.4 Å². The molecule has 1 aliphatic heterocycles. The van der Waals surface area contributed by atoms with Crippen LogP contribution in [-0.2, 0) is 4.79 Å². The highest BCUT2D eigenvalue weighted by Crippen LogP contribution is 2.27. The van der Waals surface area contributed by atoms with Crippen LogP contribution in [0.4, 0.5) is 0 Å². The van der Waals surface area contributed by atoms with E-state index in [1.165, 1.54) is 22.9 Å². The number of rotatable bonds is 2. The molecule has 17 heavy (non-hydrogen) atoms. The number of halogens is 1. The van der Waals surface area contributed by atoms with Gasteiger partial charge in [-0.05, 0) is 40.9 Å². The lowest BCUT2D eigenvalue weighted by molar-refractivity contribution is -0.109. The van der Waals surface area contributed by atoms with Crippen LogP contribution in [0.15, 0.2) is 22.4 Å². The van der Waals surface area contributed by atoms with Crippen molar-refractivity contribution in [1.82, 2.24) is 5.32 Å². The summed E-state index contributed by atoms with van der Waals surface area (Å²) < 4.78 is 0. The molecule has 0 bridgehead atoms. The van der Waals surface area contributed by atoms with Gasteiger partial charge < -0.3 is 5.32 Å². The molecule has 0 amide bonds. The van der Waals surface area contributed by atoms with Gasteiger partial charge in [-0.25, -0.2) is 0 Å². The first-order valence-corrected chi connectivity index (χ1v) is 7.18. The van der Waals surface area contributed by atoms with Gasteiger partial charge in [-0.1, -0.05) is 17.8 Å². The molecule has 1 fully saturated rings. The van der Waals surface area contributed by atoms with Crippen LogP contribution >= 0.6 is 35.5 Å². The lowest BCUT2D eigenvalue weighted by Crippen LogP contribution is -2.32. The van der Waals surface area contributed by atoms with Gasteiger partial charge in [0.2, 0.25) is 0 Å². The van der Waals surface area contributed by atoms with Crippen LogP contribution in [0.25, 0.3) is 6.08 Å². The number of thiophene rings is 1. The van der Waals surface area contributed by atoms with E-state index in [4.69, 9.17) is 0 Å². The average Bonchev–Trinajstić information content (AvgIpc) is 2.73. The Hall–Kier alpha value is -0.290. The van der Waals surface area contributed by atoms with E-state index in [2.05, 4.69) is 28.2 Å². The third kappa shape index (κ3) is 4.47. The van der Waals surface area contributed by atoms with Gasteiger partial charge in [0.15, 0.2) is 5.12 Å². The summed E-state index contributed by atoms with van der Waals surface area (Å²) in [5, 5.41) is 8.15. The SMILES string of the molecule is CC(=O)SC1CCNC/C1=C/c1ccsc1.Cl. The Morgan fingerprint density at radius 1 is 1.65 bits per heavy atom. The van der Waals surface area contributed by atoms with Crippen molar-refractivity contribution in [3.05, 3.63) is 28.0 Å². The molecule has 1 N–H and O–H groups in total. The van der Waals surface area contributed by atoms with Gasteiger partial charge in [0, 0.05) is 18.7 Å². The van der Waals surface area contributed by atoms with Crippen molar-refractivity contribution < 1.29 is 4.79 Å². The molecule has 0 radical (unpaired) electrons. The highest BCUT2D eigenvalue weighted by atomic mass is 35.5. The first-order valence-electron chi connectivity index (χ1n) is 5.36. The van der Waals surface area contributed by atoms with Gasteiger partial charge in [0.05, 0.1) is 0 Å². The van der Waals surface area contributed by atoms with E-state index in [-0.39, 0.29) is 17.5 Å². The third-order valence-corrected chi connectivity index (χ3v) is 4.39. The largest absolute Gasteiger partial charge is 0.313 e. The summed E-state index contributed by atoms with van der Waals surface area (Å²) in [4.78, 5) is 11.2. The molecule has 5 heteroatoms. The van der Waals surface area contributed by atoms with Crippen LogP contribution < -0.4 is 5.32 Å². The lowest BCUT2D eigenvalue weighted by atomic mass is 10.0. The third-order valence-electron chi connectivity index (χ3n) is 2.53. The van der Waals surface area contributed by atoms with E-state index >= 15 is 0 Å². The summed E-state index contributed by atoms with van der Waals surface area (Å²) in [6.07, 6.45) is 3.25. The number of carbonyl (C=O) groups is 1. The summed E-state index contributed by atoms with van der Waals surface area (Å²) in [5.41, 5.74) is 2.59. The first kappa shape index (κ1) is 14.8. The number of thioether (sulfide) groups is 1. The van der Waals surface area contributed by atoms with Crippen molar-refractivity contribution in [2.45, 2.75) is 18.6 Å². The smallest absolute Gasteiger partial charge is 0.186 e. The van der Waals surface area contributed by atoms with Gasteiger partial charge >= 0.3 is 0 Å². The molecule has 0 aliphatic carbocycles. The molecule has 2 rings (SSSR count). The van der Waals surface area contributed by atoms with Crippen molar-refractivity contribution in [2.75, 3.05) is 13.1 Å². The van der Waals surface area contributed by atoms with Gasteiger partial charge in [0.25, 0.3) is 0 Å². The van der Waals surface area contributed by atoms with Gasteiger partial charge in [-0.3, -0.25) is 4.79 Å². The second kappa shape index (κ2) is 7.21. The summed E-state index contributed by atoms with van der Waals surface area (Å²) in [6.45, 7) is 3.56. The fraction of sp³-hybridized carbons (Fsp3) is 0.417. The fourth-order valence-electron chi connectivity index (χ4n) is 1.82. The minimum absolute atomic E-state index is 0. The molecule has 1 aromatic heterocycles. The van der Waals surface area contributed by atoms with E-state index in [9.17, 15) is 4.79 Å². The molecule has 1 aromatic rings. The van der Waals surface area contributed by atoms with Crippen molar-refractivity contribution >= 4 is 46.7 Å². The van der Waals surface area contributed by atoms with Crippen molar-refractivity contribution in [3.8, 4) is 0 Å². The number of hydrogen-bond acceptors (Lipinski definition) is 4. The minimum atomic E-state index is 0. The van der Waals surface area contributed by atoms with Crippen LogP contribution in [0.3, 0.4) is 0 Å². The van der Waals surface area contributed by atoms with Crippen molar-refractivity contribution in [2.24, 2.45) is 0 Å². The predicted molar refractivity (Wildman–Crippen MR) is 79.1 cm³/mol. The Labute approximate surface area is 116 Å². The normalized spacial score (nSPS) is 22.2. The van der Waals surface area contributed by atoms with Crippen LogP contribution in [0.1, 0.15) is 18.9 Å². The van der Waals surface area contributed by atoms with E-state index < -0.39 is 0 Å². The fourth-order valence-corrected chi connectivity index (χ4v) is 3.37. The average molecular weight is 290 g/mol. The zero-order valence-electron chi connectivity index (χ0n) is 9.64. The summed E-state index contributed by atoms with van der Waals surface area (Å²) in [6, 6.07) is 2.11. The van der Waals surface area contributed by atoms with Crippen LogP contribution in [0.2, 0.25) is 0 Å². The molecule has 1 saturated heterocycles. The number of carbonyl (C=O) groups excluding carboxylic acids is 1. The monoisotopic (exact) mass is 289 g/mol. The number of piperidine rings is 1. The Kier molecular flexibility index (Phi) is 6.27. The molecule has 2 nitrogen and oxygen atoms in total. The topological polar surface area (TPSA) is 29.1 Å². The number of nitrogens with one attached hydrogen (secondary N) is 1. The Morgan fingerprint density at radius 3 is 3.12 bits per heavy atom. The van der Waals surface area contributed by atoms with Crippen LogP contribution in [-0.4, -0.2) is 23.5 Å². The molecule has 0 aromatic carbocycles. The highest BCUT2D eigenvalue weighted by Gasteiger charge is 2.20. The molecule has 0 spiro atoms. The lowest BCUT2D eigenvalue weighted by Gasteiger charge is -2.24. The molecule has 0 saturated carbocycles. The summed E-state index contributed by atoms with van der Waals surface area (Å²) in [7, 11) is 0. The number of hydrogen-bond donors (Lipinski definition) is 1. The first-order chi connectivity index (χ1) is 7.75. The molecule has 1 unspecified atom stereocenters. The van der Waals surface area contributed by atoms with Crippen molar-refractivity contribution in [3.63, 3.8) is 0 Å². The molecule has 2 heterocycles. The zero-order valence-corrected chi connectivity index (χ0v) is 12.1. The molecular weight excluding hydrogens is 274 g/mol. The van der Waals surface area contributed by atoms with Crippen LogP contribution in [0, 0.1) is 0 Å². The maximum absolute atomic E-state index is 11.2. The molecule has 94 valence electrons. The highest BCUT2D eigenvalue weighted by molar-refractivity contribution is 8.14. The maximum Gasteiger partial charge on any atom is 0.186 e. The minimum Gasteiger partial charge on any atom is -0.313 e. The molecular formula is C12H16ClNOS2. The van der Waals surface area contributed by atoms with Crippen LogP contribution in [0.5, 0.6) is 0 Å². The standard InChI is InChI=1S/C12H15NOS2.ClH/c1-9(14)16-12-2-4-13-7-11(12)6-10-3-5-15-8-10;/h3,5-6,8,12-13H,2,4,7H2,1H3;1H/b11-6-;. The Morgan fingerprint density at radius 2 is 2.47 bits per heavy atom. The second-order valence-corrected chi connectivity index (χ2v) is 6.00.